The first-order chi connectivity index (χ1) is 9.24. The van der Waals surface area contributed by atoms with Gasteiger partial charge in [0.2, 0.25) is 5.95 Å². The highest BCUT2D eigenvalue weighted by Gasteiger charge is 2.07. The van der Waals surface area contributed by atoms with Crippen LogP contribution in [-0.2, 0) is 6.42 Å². The van der Waals surface area contributed by atoms with Gasteiger partial charge in [-0.15, -0.1) is 10.2 Å². The van der Waals surface area contributed by atoms with Crippen LogP contribution in [0.25, 0.3) is 10.4 Å². The van der Waals surface area contributed by atoms with Crippen molar-refractivity contribution in [2.45, 2.75) is 13.3 Å². The Hall–Kier alpha value is -2.37. The molecule has 1 aromatic carbocycles. The van der Waals surface area contributed by atoms with Gasteiger partial charge in [-0.1, -0.05) is 30.7 Å². The van der Waals surface area contributed by atoms with Crippen molar-refractivity contribution in [2.75, 3.05) is 0 Å². The van der Waals surface area contributed by atoms with Gasteiger partial charge in [-0.3, -0.25) is 0 Å². The first kappa shape index (κ1) is 13.1. The van der Waals surface area contributed by atoms with Crippen LogP contribution in [0.4, 0.5) is 5.95 Å². The number of hydrogen-bond donors (Lipinski definition) is 0. The first-order valence-corrected chi connectivity index (χ1v) is 5.91. The Bertz CT molecular complexity index is 638. The van der Waals surface area contributed by atoms with E-state index in [1.165, 1.54) is 4.68 Å². The van der Waals surface area contributed by atoms with E-state index >= 15 is 0 Å². The fourth-order valence-electron chi connectivity index (χ4n) is 1.42. The maximum Gasteiger partial charge on any atom is 0.241 e. The van der Waals surface area contributed by atoms with Gasteiger partial charge in [0.05, 0.1) is 6.21 Å². The van der Waals surface area contributed by atoms with Gasteiger partial charge in [0.1, 0.15) is 0 Å². The van der Waals surface area contributed by atoms with Gasteiger partial charge < -0.3 is 0 Å². The first-order valence-electron chi connectivity index (χ1n) is 5.54. The van der Waals surface area contributed by atoms with E-state index in [1.807, 2.05) is 19.1 Å². The van der Waals surface area contributed by atoms with E-state index in [1.54, 1.807) is 18.3 Å². The van der Waals surface area contributed by atoms with Crippen LogP contribution in [0.5, 0.6) is 0 Å². The van der Waals surface area contributed by atoms with Gasteiger partial charge in [0, 0.05) is 16.4 Å². The number of benzene rings is 1. The maximum atomic E-state index is 8.45. The third-order valence-corrected chi connectivity index (χ3v) is 2.58. The fraction of sp³-hybridized carbons (Fsp3) is 0.182. The lowest BCUT2D eigenvalue weighted by Gasteiger charge is -1.99. The monoisotopic (exact) mass is 275 g/mol. The number of halogens is 1. The van der Waals surface area contributed by atoms with Crippen molar-refractivity contribution in [2.24, 2.45) is 10.2 Å². The Morgan fingerprint density at radius 1 is 1.37 bits per heavy atom. The summed E-state index contributed by atoms with van der Waals surface area (Å²) in [5.41, 5.74) is 9.32. The van der Waals surface area contributed by atoms with Crippen molar-refractivity contribution in [1.29, 1.82) is 0 Å². The Morgan fingerprint density at radius 3 is 2.74 bits per heavy atom. The number of rotatable bonds is 4. The number of nitrogens with zero attached hydrogens (tertiary/aromatic N) is 7. The number of aryl methyl sites for hydroxylation is 1. The van der Waals surface area contributed by atoms with Crippen molar-refractivity contribution < 1.29 is 0 Å². The van der Waals surface area contributed by atoms with Crippen LogP contribution in [0.3, 0.4) is 0 Å². The maximum absolute atomic E-state index is 8.45. The minimum absolute atomic E-state index is 0.115. The van der Waals surface area contributed by atoms with Crippen molar-refractivity contribution in [3.05, 3.63) is 51.1 Å². The molecular weight excluding hydrogens is 266 g/mol. The van der Waals surface area contributed by atoms with Crippen LogP contribution >= 0.6 is 11.6 Å². The Labute approximate surface area is 114 Å². The fourth-order valence-corrected chi connectivity index (χ4v) is 1.54. The van der Waals surface area contributed by atoms with Crippen LogP contribution < -0.4 is 0 Å². The zero-order valence-corrected chi connectivity index (χ0v) is 10.9. The quantitative estimate of drug-likeness (QED) is 0.370. The smallest absolute Gasteiger partial charge is 0.195 e. The highest BCUT2D eigenvalue weighted by molar-refractivity contribution is 6.30. The standard InChI is InChI=1S/C11H10ClN7/c1-2-10-15-16-11(17-18-13)19(10)14-7-8-3-5-9(12)6-4-8/h3-7H,2H2,1H3/b14-7+. The van der Waals surface area contributed by atoms with Gasteiger partial charge in [0.15, 0.2) is 5.82 Å². The van der Waals surface area contributed by atoms with E-state index in [9.17, 15) is 0 Å². The molecule has 0 aliphatic heterocycles. The Morgan fingerprint density at radius 2 is 2.11 bits per heavy atom. The molecule has 0 bridgehead atoms. The summed E-state index contributed by atoms with van der Waals surface area (Å²) in [5, 5.41) is 16.0. The molecular formula is C11H10ClN7. The molecule has 0 atom stereocenters. The van der Waals surface area contributed by atoms with E-state index in [-0.39, 0.29) is 5.95 Å². The second-order valence-electron chi connectivity index (χ2n) is 3.57. The second-order valence-corrected chi connectivity index (χ2v) is 4.00. The minimum Gasteiger partial charge on any atom is -0.195 e. The predicted molar refractivity (Wildman–Crippen MR) is 72.7 cm³/mol. The topological polar surface area (TPSA) is 91.8 Å². The largest absolute Gasteiger partial charge is 0.241 e. The minimum atomic E-state index is 0.115. The van der Waals surface area contributed by atoms with Crippen LogP contribution in [0, 0.1) is 0 Å². The molecule has 0 aliphatic carbocycles. The average Bonchev–Trinajstić information content (AvgIpc) is 2.81. The van der Waals surface area contributed by atoms with E-state index < -0.39 is 0 Å². The average molecular weight is 276 g/mol. The van der Waals surface area contributed by atoms with Crippen LogP contribution in [-0.4, -0.2) is 21.1 Å². The van der Waals surface area contributed by atoms with Gasteiger partial charge in [-0.2, -0.15) is 9.78 Å². The van der Waals surface area contributed by atoms with Crippen LogP contribution in [0.2, 0.25) is 5.02 Å². The second kappa shape index (κ2) is 5.99. The third kappa shape index (κ3) is 3.09. The lowest BCUT2D eigenvalue weighted by molar-refractivity contribution is 0.788. The van der Waals surface area contributed by atoms with E-state index in [0.717, 1.165) is 5.56 Å². The Kier molecular flexibility index (Phi) is 4.12. The van der Waals surface area contributed by atoms with E-state index in [0.29, 0.717) is 17.3 Å². The van der Waals surface area contributed by atoms with Crippen molar-refractivity contribution >= 4 is 23.8 Å². The SMILES string of the molecule is CCc1nnc(N=[N+]=[N-])n1/N=C/c1ccc(Cl)cc1. The molecule has 0 N–H and O–H groups in total. The molecule has 1 heterocycles. The predicted octanol–water partition coefficient (Wildman–Crippen LogP) is 3.32. The summed E-state index contributed by atoms with van der Waals surface area (Å²) in [6, 6.07) is 7.19. The van der Waals surface area contributed by atoms with E-state index in [2.05, 4.69) is 25.3 Å². The molecule has 0 amide bonds. The lowest BCUT2D eigenvalue weighted by Crippen LogP contribution is -1.96. The van der Waals surface area contributed by atoms with E-state index in [4.69, 9.17) is 17.1 Å². The van der Waals surface area contributed by atoms with Gasteiger partial charge in [0.25, 0.3) is 0 Å². The number of azide groups is 1. The highest BCUT2D eigenvalue weighted by Crippen LogP contribution is 2.12. The van der Waals surface area contributed by atoms with Gasteiger partial charge in [-0.05, 0) is 28.3 Å². The molecule has 0 saturated carbocycles. The summed E-state index contributed by atoms with van der Waals surface area (Å²) < 4.78 is 1.41. The molecule has 2 rings (SSSR count). The molecule has 0 aliphatic rings. The molecule has 8 heteroatoms. The summed E-state index contributed by atoms with van der Waals surface area (Å²) >= 11 is 5.80. The summed E-state index contributed by atoms with van der Waals surface area (Å²) in [7, 11) is 0. The summed E-state index contributed by atoms with van der Waals surface area (Å²) in [4.78, 5) is 2.69. The molecule has 1 aromatic heterocycles. The molecule has 2 aromatic rings. The molecule has 0 saturated heterocycles. The van der Waals surface area contributed by atoms with Crippen molar-refractivity contribution in [3.63, 3.8) is 0 Å². The molecule has 96 valence electrons. The zero-order chi connectivity index (χ0) is 13.7. The molecule has 0 fully saturated rings. The van der Waals surface area contributed by atoms with Gasteiger partial charge >= 0.3 is 0 Å². The van der Waals surface area contributed by atoms with Gasteiger partial charge in [-0.25, -0.2) is 0 Å². The highest BCUT2D eigenvalue weighted by atomic mass is 35.5. The van der Waals surface area contributed by atoms with Crippen molar-refractivity contribution in [3.8, 4) is 0 Å². The number of hydrogen-bond acceptors (Lipinski definition) is 4. The van der Waals surface area contributed by atoms with Crippen LogP contribution in [0.1, 0.15) is 18.3 Å². The van der Waals surface area contributed by atoms with Crippen LogP contribution in [0.15, 0.2) is 34.5 Å². The molecule has 19 heavy (non-hydrogen) atoms. The number of aromatic nitrogens is 3. The summed E-state index contributed by atoms with van der Waals surface area (Å²) in [5.74, 6) is 0.733. The molecule has 0 unspecified atom stereocenters. The lowest BCUT2D eigenvalue weighted by atomic mass is 10.2. The normalized spacial score (nSPS) is 10.6. The summed E-state index contributed by atoms with van der Waals surface area (Å²) in [6.07, 6.45) is 2.25. The molecule has 0 radical (unpaired) electrons. The molecule has 0 spiro atoms. The molecule has 7 nitrogen and oxygen atoms in total. The Balaban J connectivity index is 2.33. The van der Waals surface area contributed by atoms with Crippen molar-refractivity contribution in [1.82, 2.24) is 14.9 Å². The third-order valence-electron chi connectivity index (χ3n) is 2.33. The summed E-state index contributed by atoms with van der Waals surface area (Å²) in [6.45, 7) is 1.91. The zero-order valence-electron chi connectivity index (χ0n) is 10.1.